The van der Waals surface area contributed by atoms with Crippen LogP contribution in [0.2, 0.25) is 0 Å². The number of para-hydroxylation sites is 1. The van der Waals surface area contributed by atoms with Crippen molar-refractivity contribution in [2.24, 2.45) is 0 Å². The molecule has 2 atom stereocenters. The maximum Gasteiger partial charge on any atom is 0.408 e. The van der Waals surface area contributed by atoms with Crippen LogP contribution in [0.1, 0.15) is 76.6 Å². The second-order valence-electron chi connectivity index (χ2n) is 15.2. The molecule has 2 aliphatic rings. The average Bonchev–Trinajstić information content (AvgIpc) is 3.62. The van der Waals surface area contributed by atoms with Gasteiger partial charge >= 0.3 is 6.09 Å². The summed E-state index contributed by atoms with van der Waals surface area (Å²) in [4.78, 5) is 46.0. The summed E-state index contributed by atoms with van der Waals surface area (Å²) in [6.07, 6.45) is 3.23. The number of aromatic amines is 1. The molecule has 3 aromatic carbocycles. The summed E-state index contributed by atoms with van der Waals surface area (Å²) >= 11 is 0. The average molecular weight is 714 g/mol. The molecule has 270 valence electrons. The van der Waals surface area contributed by atoms with Crippen molar-refractivity contribution in [3.05, 3.63) is 102 Å². The molecule has 1 aromatic heterocycles. The molecule has 4 aromatic rings. The zero-order valence-electron chi connectivity index (χ0n) is 29.8. The number of nitrogens with zero attached hydrogens (tertiary/aromatic N) is 1. The predicted octanol–water partition coefficient (Wildman–Crippen LogP) is 5.48. The molecule has 51 heavy (non-hydrogen) atoms. The molecule has 1 saturated heterocycles. The number of amides is 3. The number of hydrogen-bond acceptors (Lipinski definition) is 6. The number of fused-ring (bicyclic) bond motifs is 3. The van der Waals surface area contributed by atoms with Crippen molar-refractivity contribution in [3.63, 3.8) is 0 Å². The Hall–Kier alpha value is -4.68. The number of rotatable bonds is 9. The van der Waals surface area contributed by atoms with Crippen LogP contribution in [0, 0.1) is 0 Å². The highest BCUT2D eigenvalue weighted by atomic mass is 32.2. The van der Waals surface area contributed by atoms with Crippen molar-refractivity contribution in [1.29, 1.82) is 0 Å². The van der Waals surface area contributed by atoms with E-state index >= 15 is 0 Å². The summed E-state index contributed by atoms with van der Waals surface area (Å²) in [5.74, 6) is -0.734. The van der Waals surface area contributed by atoms with E-state index in [-0.39, 0.29) is 22.6 Å². The number of H-pyrrole nitrogens is 1. The van der Waals surface area contributed by atoms with Crippen LogP contribution in [0.4, 0.5) is 4.79 Å². The summed E-state index contributed by atoms with van der Waals surface area (Å²) in [5, 5.41) is 6.56. The number of nitrogens with one attached hydrogen (secondary N) is 4. The summed E-state index contributed by atoms with van der Waals surface area (Å²) in [6, 6.07) is 22.8. The van der Waals surface area contributed by atoms with Gasteiger partial charge in [-0.15, -0.1) is 0 Å². The highest BCUT2D eigenvalue weighted by molar-refractivity contribution is 7.89. The van der Waals surface area contributed by atoms with Crippen molar-refractivity contribution >= 4 is 38.8 Å². The molecule has 2 heterocycles. The monoisotopic (exact) mass is 713 g/mol. The van der Waals surface area contributed by atoms with Gasteiger partial charge in [0, 0.05) is 48.1 Å². The molecule has 1 spiro atoms. The van der Waals surface area contributed by atoms with Crippen molar-refractivity contribution < 1.29 is 27.5 Å². The molecule has 11 nitrogen and oxygen atoms in total. The number of alkyl carbamates (subject to hydrolysis) is 1. The van der Waals surface area contributed by atoms with Gasteiger partial charge < -0.3 is 25.3 Å². The molecule has 0 saturated carbocycles. The quantitative estimate of drug-likeness (QED) is 0.181. The third-order valence-corrected chi connectivity index (χ3v) is 11.5. The lowest BCUT2D eigenvalue weighted by molar-refractivity contribution is -0.139. The molecule has 12 heteroatoms. The summed E-state index contributed by atoms with van der Waals surface area (Å²) in [6.45, 7) is 9.24. The lowest BCUT2D eigenvalue weighted by Gasteiger charge is -2.41. The maximum atomic E-state index is 14.4. The van der Waals surface area contributed by atoms with Gasteiger partial charge in [0.25, 0.3) is 0 Å². The van der Waals surface area contributed by atoms with E-state index in [0.717, 1.165) is 27.6 Å². The second kappa shape index (κ2) is 13.8. The Bertz CT molecular complexity index is 2030. The van der Waals surface area contributed by atoms with E-state index in [9.17, 15) is 22.8 Å². The van der Waals surface area contributed by atoms with Gasteiger partial charge in [0.2, 0.25) is 21.8 Å². The van der Waals surface area contributed by atoms with Crippen LogP contribution in [-0.2, 0) is 36.2 Å². The Morgan fingerprint density at radius 2 is 1.57 bits per heavy atom. The van der Waals surface area contributed by atoms with E-state index in [0.29, 0.717) is 32.4 Å². The van der Waals surface area contributed by atoms with Crippen molar-refractivity contribution in [2.75, 3.05) is 13.1 Å². The zero-order valence-corrected chi connectivity index (χ0v) is 30.6. The smallest absolute Gasteiger partial charge is 0.408 e. The van der Waals surface area contributed by atoms with Gasteiger partial charge in [-0.25, -0.2) is 17.9 Å². The first kappa shape index (κ1) is 36.1. The number of benzene rings is 3. The number of carbonyl (C=O) groups excluding carboxylic acids is 3. The number of piperidine rings is 1. The number of carbonyl (C=O) groups is 3. The van der Waals surface area contributed by atoms with Gasteiger partial charge in [-0.05, 0) is 88.8 Å². The molecule has 1 aliphatic heterocycles. The summed E-state index contributed by atoms with van der Waals surface area (Å²) < 4.78 is 35.0. The Morgan fingerprint density at radius 1 is 0.922 bits per heavy atom. The molecule has 0 radical (unpaired) electrons. The highest BCUT2D eigenvalue weighted by Gasteiger charge is 2.47. The topological polar surface area (TPSA) is 150 Å². The van der Waals surface area contributed by atoms with Gasteiger partial charge in [-0.2, -0.15) is 0 Å². The minimum atomic E-state index is -3.75. The first-order valence-corrected chi connectivity index (χ1v) is 18.9. The van der Waals surface area contributed by atoms with Gasteiger partial charge in [0.1, 0.15) is 17.2 Å². The molecule has 1 unspecified atom stereocenters. The molecule has 1 aliphatic carbocycles. The normalized spacial score (nSPS) is 17.9. The fourth-order valence-electron chi connectivity index (χ4n) is 7.38. The van der Waals surface area contributed by atoms with Gasteiger partial charge in [0.15, 0.2) is 0 Å². The van der Waals surface area contributed by atoms with E-state index in [1.807, 2.05) is 48.7 Å². The maximum absolute atomic E-state index is 14.4. The van der Waals surface area contributed by atoms with Gasteiger partial charge in [-0.1, -0.05) is 60.7 Å². The Balaban J connectivity index is 1.20. The summed E-state index contributed by atoms with van der Waals surface area (Å²) in [5.41, 5.74) is 1.44. The zero-order chi connectivity index (χ0) is 36.6. The van der Waals surface area contributed by atoms with E-state index in [2.05, 4.69) is 26.4 Å². The first-order valence-electron chi connectivity index (χ1n) is 17.4. The molecule has 3 amide bonds. The van der Waals surface area contributed by atoms with Crippen molar-refractivity contribution in [3.8, 4) is 0 Å². The minimum absolute atomic E-state index is 0.218. The number of aromatic nitrogens is 1. The first-order chi connectivity index (χ1) is 24.1. The molecule has 6 rings (SSSR count). The lowest BCUT2D eigenvalue weighted by Crippen LogP contribution is -2.60. The number of sulfonamides is 1. The van der Waals surface area contributed by atoms with Crippen LogP contribution < -0.4 is 15.4 Å². The molecular weight excluding hydrogens is 667 g/mol. The van der Waals surface area contributed by atoms with E-state index in [1.54, 1.807) is 69.9 Å². The van der Waals surface area contributed by atoms with E-state index < -0.39 is 45.2 Å². The van der Waals surface area contributed by atoms with Gasteiger partial charge in [0.05, 0.1) is 4.90 Å². The predicted molar refractivity (Wildman–Crippen MR) is 195 cm³/mol. The van der Waals surface area contributed by atoms with E-state index in [4.69, 9.17) is 4.74 Å². The molecular formula is C39H47N5O6S. The van der Waals surface area contributed by atoms with Crippen molar-refractivity contribution in [2.45, 2.75) is 93.8 Å². The fraction of sp³-hybridized carbons (Fsp3) is 0.410. The SMILES string of the molecule is CC(C)(C)OC(=O)NC(C)(C)C(=O)NC(Cc1c[nH]c2ccccc12)C(=O)N1CCC2(CC1)C[C@@H](NS(=O)(=O)c1ccccc1)c1ccccc12. The van der Waals surface area contributed by atoms with Crippen LogP contribution in [0.15, 0.2) is 90.0 Å². The summed E-state index contributed by atoms with van der Waals surface area (Å²) in [7, 11) is -3.75. The fourth-order valence-corrected chi connectivity index (χ4v) is 8.61. The largest absolute Gasteiger partial charge is 0.444 e. The molecule has 1 fully saturated rings. The highest BCUT2D eigenvalue weighted by Crippen LogP contribution is 2.51. The minimum Gasteiger partial charge on any atom is -0.444 e. The van der Waals surface area contributed by atoms with Crippen LogP contribution in [0.25, 0.3) is 10.9 Å². The van der Waals surface area contributed by atoms with Crippen LogP contribution in [0.3, 0.4) is 0 Å². The van der Waals surface area contributed by atoms with Crippen LogP contribution in [0.5, 0.6) is 0 Å². The van der Waals surface area contributed by atoms with Crippen LogP contribution >= 0.6 is 0 Å². The Labute approximate surface area is 299 Å². The van der Waals surface area contributed by atoms with Gasteiger partial charge in [-0.3, -0.25) is 9.59 Å². The molecule has 4 N–H and O–H groups in total. The number of hydrogen-bond donors (Lipinski definition) is 4. The standard InChI is InChI=1S/C39H47N5O6S/c1-37(2,3)50-36(47)42-38(4,5)35(46)41-32(23-26-25-40-31-18-12-10-15-28(26)31)34(45)44-21-19-39(20-22-44)24-33(29-16-9-11-17-30(29)39)43-51(48,49)27-13-7-6-8-14-27/h6-18,25,32-33,40,43H,19-24H2,1-5H3,(H,41,46)(H,42,47)/t32?,33-/m1/s1. The third-order valence-electron chi connectivity index (χ3n) is 9.97. The Kier molecular flexibility index (Phi) is 9.77. The molecule has 0 bridgehead atoms. The third kappa shape index (κ3) is 7.82. The number of ether oxygens (including phenoxy) is 1. The number of likely N-dealkylation sites (tertiary alicyclic amines) is 1. The second-order valence-corrected chi connectivity index (χ2v) is 16.9. The lowest BCUT2D eigenvalue weighted by atomic mass is 9.73. The van der Waals surface area contributed by atoms with Crippen LogP contribution in [-0.4, -0.2) is 66.5 Å². The van der Waals surface area contributed by atoms with Crippen molar-refractivity contribution in [1.82, 2.24) is 25.2 Å². The van der Waals surface area contributed by atoms with E-state index in [1.165, 1.54) is 0 Å². The Morgan fingerprint density at radius 3 is 2.27 bits per heavy atom.